The largest absolute Gasteiger partial charge is 0.416 e. The molecule has 128 valence electrons. The van der Waals surface area contributed by atoms with Gasteiger partial charge in [-0.25, -0.2) is 0 Å². The first-order valence-electron chi connectivity index (χ1n) is 7.80. The highest BCUT2D eigenvalue weighted by Gasteiger charge is 2.44. The van der Waals surface area contributed by atoms with E-state index in [4.69, 9.17) is 0 Å². The van der Waals surface area contributed by atoms with Gasteiger partial charge in [-0.2, -0.15) is 13.2 Å². The van der Waals surface area contributed by atoms with Crippen molar-refractivity contribution >= 4 is 5.91 Å². The lowest BCUT2D eigenvalue weighted by Crippen LogP contribution is -2.36. The Morgan fingerprint density at radius 1 is 1.39 bits per heavy atom. The predicted molar refractivity (Wildman–Crippen MR) is 83.1 cm³/mol. The van der Waals surface area contributed by atoms with Gasteiger partial charge in [0.05, 0.1) is 5.56 Å². The number of alkyl halides is 3. The fraction of sp³-hybridized carbons (Fsp3) is 0.588. The summed E-state index contributed by atoms with van der Waals surface area (Å²) in [5.74, 6) is -0.364. The van der Waals surface area contributed by atoms with Crippen molar-refractivity contribution in [1.29, 1.82) is 0 Å². The molecule has 3 unspecified atom stereocenters. The summed E-state index contributed by atoms with van der Waals surface area (Å²) in [7, 11) is 3.94. The average Bonchev–Trinajstić information content (AvgIpc) is 3.25. The summed E-state index contributed by atoms with van der Waals surface area (Å²) < 4.78 is 38.2. The van der Waals surface area contributed by atoms with Gasteiger partial charge in [0.25, 0.3) is 0 Å². The predicted octanol–water partition coefficient (Wildman–Crippen LogP) is 3.27. The molecule has 1 saturated carbocycles. The summed E-state index contributed by atoms with van der Waals surface area (Å²) in [6.07, 6.45) is -2.88. The number of nitrogens with one attached hydrogen (secondary N) is 1. The second-order valence-electron chi connectivity index (χ2n) is 6.57. The SMILES string of the molecule is CC(CCN(C)C)NC(=O)C1CC1c1cccc(C(F)(F)F)c1. The Morgan fingerprint density at radius 3 is 2.70 bits per heavy atom. The van der Waals surface area contributed by atoms with Crippen LogP contribution < -0.4 is 5.32 Å². The molecule has 3 atom stereocenters. The molecule has 1 aromatic rings. The summed E-state index contributed by atoms with van der Waals surface area (Å²) in [4.78, 5) is 14.2. The van der Waals surface area contributed by atoms with Gasteiger partial charge in [-0.1, -0.05) is 18.2 Å². The molecule has 3 nitrogen and oxygen atoms in total. The number of amides is 1. The number of carbonyl (C=O) groups excluding carboxylic acids is 1. The molecule has 0 bridgehead atoms. The van der Waals surface area contributed by atoms with Crippen molar-refractivity contribution in [2.75, 3.05) is 20.6 Å². The standard InChI is InChI=1S/C17H23F3N2O/c1-11(7-8-22(2)3)21-16(23)15-10-14(15)12-5-4-6-13(9-12)17(18,19)20/h4-6,9,11,14-15H,7-8,10H2,1-3H3,(H,21,23). The zero-order valence-corrected chi connectivity index (χ0v) is 13.7. The third kappa shape index (κ3) is 4.96. The normalized spacial score (nSPS) is 22.0. The Kier molecular flexibility index (Phi) is 5.34. The third-order valence-corrected chi connectivity index (χ3v) is 4.17. The van der Waals surface area contributed by atoms with E-state index in [1.807, 2.05) is 25.9 Å². The van der Waals surface area contributed by atoms with Crippen LogP contribution in [-0.4, -0.2) is 37.5 Å². The van der Waals surface area contributed by atoms with E-state index >= 15 is 0 Å². The van der Waals surface area contributed by atoms with Gasteiger partial charge in [0.15, 0.2) is 0 Å². The molecule has 1 aliphatic carbocycles. The molecule has 0 heterocycles. The van der Waals surface area contributed by atoms with Crippen LogP contribution in [0, 0.1) is 5.92 Å². The first-order valence-corrected chi connectivity index (χ1v) is 7.80. The zero-order valence-electron chi connectivity index (χ0n) is 13.7. The fourth-order valence-electron chi connectivity index (χ4n) is 2.67. The van der Waals surface area contributed by atoms with Crippen LogP contribution in [0.2, 0.25) is 0 Å². The van der Waals surface area contributed by atoms with Crippen molar-refractivity contribution in [2.45, 2.75) is 37.9 Å². The summed E-state index contributed by atoms with van der Waals surface area (Å²) in [6, 6.07) is 5.36. The topological polar surface area (TPSA) is 32.3 Å². The summed E-state index contributed by atoms with van der Waals surface area (Å²) >= 11 is 0. The molecule has 0 saturated heterocycles. The van der Waals surface area contributed by atoms with Crippen LogP contribution in [0.25, 0.3) is 0 Å². The summed E-state index contributed by atoms with van der Waals surface area (Å²) in [5, 5.41) is 2.95. The highest BCUT2D eigenvalue weighted by Crippen LogP contribution is 2.48. The molecule has 1 N–H and O–H groups in total. The number of halogens is 3. The number of hydrogen-bond donors (Lipinski definition) is 1. The van der Waals surface area contributed by atoms with Crippen molar-refractivity contribution in [3.63, 3.8) is 0 Å². The van der Waals surface area contributed by atoms with Crippen LogP contribution in [0.3, 0.4) is 0 Å². The van der Waals surface area contributed by atoms with Crippen molar-refractivity contribution in [3.05, 3.63) is 35.4 Å². The van der Waals surface area contributed by atoms with Crippen LogP contribution in [0.4, 0.5) is 13.2 Å². The smallest absolute Gasteiger partial charge is 0.353 e. The van der Waals surface area contributed by atoms with Gasteiger partial charge in [-0.3, -0.25) is 4.79 Å². The molecule has 0 aromatic heterocycles. The highest BCUT2D eigenvalue weighted by molar-refractivity contribution is 5.83. The molecule has 2 rings (SSSR count). The minimum absolute atomic E-state index is 0.0568. The maximum atomic E-state index is 12.7. The zero-order chi connectivity index (χ0) is 17.2. The Balaban J connectivity index is 1.90. The van der Waals surface area contributed by atoms with Crippen LogP contribution in [0.5, 0.6) is 0 Å². The Hall–Kier alpha value is -1.56. The number of nitrogens with zero attached hydrogens (tertiary/aromatic N) is 1. The second kappa shape index (κ2) is 6.91. The first kappa shape index (κ1) is 17.8. The summed E-state index contributed by atoms with van der Waals surface area (Å²) in [5.41, 5.74) is -0.0543. The third-order valence-electron chi connectivity index (χ3n) is 4.17. The van der Waals surface area contributed by atoms with E-state index < -0.39 is 11.7 Å². The highest BCUT2D eigenvalue weighted by atomic mass is 19.4. The van der Waals surface area contributed by atoms with E-state index in [-0.39, 0.29) is 23.8 Å². The van der Waals surface area contributed by atoms with Crippen LogP contribution in [0.1, 0.15) is 36.8 Å². The van der Waals surface area contributed by atoms with Gasteiger partial charge >= 0.3 is 6.18 Å². The average molecular weight is 328 g/mol. The number of carbonyl (C=O) groups is 1. The lowest BCUT2D eigenvalue weighted by atomic mass is 10.0. The van der Waals surface area contributed by atoms with Crippen LogP contribution >= 0.6 is 0 Å². The van der Waals surface area contributed by atoms with Gasteiger partial charge in [0, 0.05) is 12.0 Å². The Bertz CT molecular complexity index is 557. The van der Waals surface area contributed by atoms with Gasteiger partial charge in [-0.05, 0) is 58.0 Å². The van der Waals surface area contributed by atoms with Crippen molar-refractivity contribution in [3.8, 4) is 0 Å². The van der Waals surface area contributed by atoms with Gasteiger partial charge in [-0.15, -0.1) is 0 Å². The van der Waals surface area contributed by atoms with E-state index in [0.717, 1.165) is 25.1 Å². The summed E-state index contributed by atoms with van der Waals surface area (Å²) in [6.45, 7) is 2.83. The van der Waals surface area contributed by atoms with E-state index in [9.17, 15) is 18.0 Å². The lowest BCUT2D eigenvalue weighted by Gasteiger charge is -2.16. The van der Waals surface area contributed by atoms with Gasteiger partial charge in [0.1, 0.15) is 0 Å². The second-order valence-corrected chi connectivity index (χ2v) is 6.57. The quantitative estimate of drug-likeness (QED) is 0.869. The van der Waals surface area contributed by atoms with E-state index in [0.29, 0.717) is 12.0 Å². The van der Waals surface area contributed by atoms with Crippen molar-refractivity contribution in [2.24, 2.45) is 5.92 Å². The Morgan fingerprint density at radius 2 is 2.09 bits per heavy atom. The minimum Gasteiger partial charge on any atom is -0.353 e. The molecule has 1 fully saturated rings. The molecule has 1 aromatic carbocycles. The molecule has 1 amide bonds. The lowest BCUT2D eigenvalue weighted by molar-refractivity contribution is -0.137. The van der Waals surface area contributed by atoms with E-state index in [1.165, 1.54) is 6.07 Å². The number of benzene rings is 1. The molecular weight excluding hydrogens is 305 g/mol. The fourth-order valence-corrected chi connectivity index (χ4v) is 2.67. The van der Waals surface area contributed by atoms with Gasteiger partial charge < -0.3 is 10.2 Å². The molecule has 23 heavy (non-hydrogen) atoms. The maximum absolute atomic E-state index is 12.7. The maximum Gasteiger partial charge on any atom is 0.416 e. The number of hydrogen-bond acceptors (Lipinski definition) is 2. The minimum atomic E-state index is -4.34. The van der Waals surface area contributed by atoms with Crippen molar-refractivity contribution in [1.82, 2.24) is 10.2 Å². The molecule has 6 heteroatoms. The van der Waals surface area contributed by atoms with E-state index in [1.54, 1.807) is 6.07 Å². The molecule has 0 radical (unpaired) electrons. The van der Waals surface area contributed by atoms with Crippen LogP contribution in [0.15, 0.2) is 24.3 Å². The molecule has 0 aliphatic heterocycles. The Labute approximate surface area is 134 Å². The first-order chi connectivity index (χ1) is 10.7. The molecule has 0 spiro atoms. The van der Waals surface area contributed by atoms with Crippen molar-refractivity contribution < 1.29 is 18.0 Å². The molecular formula is C17H23F3N2O. The number of rotatable bonds is 6. The monoisotopic (exact) mass is 328 g/mol. The molecule has 1 aliphatic rings. The van der Waals surface area contributed by atoms with E-state index in [2.05, 4.69) is 5.32 Å². The van der Waals surface area contributed by atoms with Gasteiger partial charge in [0.2, 0.25) is 5.91 Å². The van der Waals surface area contributed by atoms with Crippen LogP contribution in [-0.2, 0) is 11.0 Å².